The molecule has 20 heavy (non-hydrogen) atoms. The van der Waals surface area contributed by atoms with E-state index in [0.29, 0.717) is 12.3 Å². The minimum Gasteiger partial charge on any atom is -0.481 e. The van der Waals surface area contributed by atoms with E-state index in [4.69, 9.17) is 5.11 Å². The Kier molecular flexibility index (Phi) is 4.36. The fourth-order valence-electron chi connectivity index (χ4n) is 3.15. The van der Waals surface area contributed by atoms with Crippen molar-refractivity contribution < 1.29 is 9.90 Å². The topological polar surface area (TPSA) is 53.4 Å². The zero-order valence-corrected chi connectivity index (χ0v) is 12.6. The second kappa shape index (κ2) is 6.22. The van der Waals surface area contributed by atoms with Crippen LogP contribution in [0, 0.1) is 5.92 Å². The Morgan fingerprint density at radius 2 is 2.30 bits per heavy atom. The van der Waals surface area contributed by atoms with E-state index in [-0.39, 0.29) is 0 Å². The van der Waals surface area contributed by atoms with Gasteiger partial charge in [0.25, 0.3) is 0 Å². The summed E-state index contributed by atoms with van der Waals surface area (Å²) in [6.07, 6.45) is 6.12. The van der Waals surface area contributed by atoms with Crippen LogP contribution in [0.3, 0.4) is 0 Å². The smallest absolute Gasteiger partial charge is 0.303 e. The Balaban J connectivity index is 1.54. The standard InChI is InChI=1S/C15H22N2O2S/c18-14(19)6-3-11-2-1-7-17(8-11)9-13-15(12-4-5-12)16-10-20-13/h10-12H,1-9H2,(H,18,19). The van der Waals surface area contributed by atoms with Gasteiger partial charge in [-0.1, -0.05) is 0 Å². The first-order valence-electron chi connectivity index (χ1n) is 7.59. The van der Waals surface area contributed by atoms with Crippen LogP contribution in [0.2, 0.25) is 0 Å². The molecule has 110 valence electrons. The van der Waals surface area contributed by atoms with Crippen LogP contribution >= 0.6 is 11.3 Å². The van der Waals surface area contributed by atoms with E-state index in [2.05, 4.69) is 9.88 Å². The molecule has 3 rings (SSSR count). The van der Waals surface area contributed by atoms with Crippen LogP contribution in [-0.2, 0) is 11.3 Å². The predicted octanol–water partition coefficient (Wildman–Crippen LogP) is 3.10. The molecule has 5 heteroatoms. The van der Waals surface area contributed by atoms with Gasteiger partial charge in [-0.3, -0.25) is 9.69 Å². The van der Waals surface area contributed by atoms with Crippen LogP contribution in [0.5, 0.6) is 0 Å². The highest BCUT2D eigenvalue weighted by molar-refractivity contribution is 7.09. The van der Waals surface area contributed by atoms with Gasteiger partial charge >= 0.3 is 5.97 Å². The molecule has 1 aromatic rings. The lowest BCUT2D eigenvalue weighted by atomic mass is 9.93. The molecule has 0 amide bonds. The summed E-state index contributed by atoms with van der Waals surface area (Å²) in [4.78, 5) is 19.2. The third-order valence-electron chi connectivity index (χ3n) is 4.37. The number of piperidine rings is 1. The van der Waals surface area contributed by atoms with Crippen molar-refractivity contribution in [3.63, 3.8) is 0 Å². The fourth-order valence-corrected chi connectivity index (χ4v) is 4.04. The zero-order chi connectivity index (χ0) is 13.9. The van der Waals surface area contributed by atoms with Crippen molar-refractivity contribution in [2.24, 2.45) is 5.92 Å². The summed E-state index contributed by atoms with van der Waals surface area (Å²) in [6.45, 7) is 3.21. The maximum Gasteiger partial charge on any atom is 0.303 e. The highest BCUT2D eigenvalue weighted by Crippen LogP contribution is 2.42. The van der Waals surface area contributed by atoms with Crippen molar-refractivity contribution in [1.29, 1.82) is 0 Å². The highest BCUT2D eigenvalue weighted by atomic mass is 32.1. The van der Waals surface area contributed by atoms with Crippen LogP contribution in [-0.4, -0.2) is 34.0 Å². The molecule has 1 aliphatic carbocycles. The molecule has 1 N–H and O–H groups in total. The molecule has 1 atom stereocenters. The largest absolute Gasteiger partial charge is 0.481 e. The summed E-state index contributed by atoms with van der Waals surface area (Å²) < 4.78 is 0. The van der Waals surface area contributed by atoms with Gasteiger partial charge in [0.15, 0.2) is 0 Å². The second-order valence-corrected chi connectivity index (χ2v) is 7.05. The first-order valence-corrected chi connectivity index (χ1v) is 8.46. The quantitative estimate of drug-likeness (QED) is 0.876. The minimum absolute atomic E-state index is 0.312. The molecule has 0 bridgehead atoms. The van der Waals surface area contributed by atoms with Gasteiger partial charge in [-0.25, -0.2) is 4.98 Å². The number of nitrogens with zero attached hydrogens (tertiary/aromatic N) is 2. The molecular weight excluding hydrogens is 272 g/mol. The molecule has 2 fully saturated rings. The van der Waals surface area contributed by atoms with Gasteiger partial charge in [0, 0.05) is 30.3 Å². The molecule has 1 aliphatic heterocycles. The van der Waals surface area contributed by atoms with Crippen LogP contribution in [0.4, 0.5) is 0 Å². The third kappa shape index (κ3) is 3.58. The average molecular weight is 294 g/mol. The van der Waals surface area contributed by atoms with Crippen molar-refractivity contribution in [2.75, 3.05) is 13.1 Å². The van der Waals surface area contributed by atoms with Crippen LogP contribution in [0.15, 0.2) is 5.51 Å². The zero-order valence-electron chi connectivity index (χ0n) is 11.8. The monoisotopic (exact) mass is 294 g/mol. The van der Waals surface area contributed by atoms with Crippen molar-refractivity contribution in [3.05, 3.63) is 16.1 Å². The molecule has 1 saturated carbocycles. The van der Waals surface area contributed by atoms with Gasteiger partial charge < -0.3 is 5.11 Å². The number of thiazole rings is 1. The molecule has 0 aromatic carbocycles. The highest BCUT2D eigenvalue weighted by Gasteiger charge is 2.29. The lowest BCUT2D eigenvalue weighted by molar-refractivity contribution is -0.137. The minimum atomic E-state index is -0.666. The maximum atomic E-state index is 10.7. The van der Waals surface area contributed by atoms with E-state index in [9.17, 15) is 4.79 Å². The molecule has 1 saturated heterocycles. The lowest BCUT2D eigenvalue weighted by Crippen LogP contribution is -2.35. The number of carbonyl (C=O) groups is 1. The molecular formula is C15H22N2O2S. The Labute approximate surface area is 123 Å². The molecule has 2 heterocycles. The number of aromatic nitrogens is 1. The first kappa shape index (κ1) is 14.0. The van der Waals surface area contributed by atoms with Gasteiger partial charge in [-0.2, -0.15) is 0 Å². The van der Waals surface area contributed by atoms with E-state index in [1.54, 1.807) is 11.3 Å². The molecule has 1 aromatic heterocycles. The summed E-state index contributed by atoms with van der Waals surface area (Å²) in [5, 5.41) is 8.80. The van der Waals surface area contributed by atoms with E-state index < -0.39 is 5.97 Å². The van der Waals surface area contributed by atoms with E-state index in [0.717, 1.165) is 32.0 Å². The molecule has 0 radical (unpaired) electrons. The lowest BCUT2D eigenvalue weighted by Gasteiger charge is -2.32. The van der Waals surface area contributed by atoms with Gasteiger partial charge in [0.1, 0.15) is 0 Å². The predicted molar refractivity (Wildman–Crippen MR) is 79.0 cm³/mol. The van der Waals surface area contributed by atoms with E-state index >= 15 is 0 Å². The summed E-state index contributed by atoms with van der Waals surface area (Å²) in [7, 11) is 0. The average Bonchev–Trinajstić information content (AvgIpc) is 3.18. The van der Waals surface area contributed by atoms with Crippen molar-refractivity contribution in [3.8, 4) is 0 Å². The molecule has 2 aliphatic rings. The fraction of sp³-hybridized carbons (Fsp3) is 0.733. The molecule has 0 spiro atoms. The van der Waals surface area contributed by atoms with Crippen LogP contribution < -0.4 is 0 Å². The van der Waals surface area contributed by atoms with Crippen molar-refractivity contribution >= 4 is 17.3 Å². The number of hydrogen-bond acceptors (Lipinski definition) is 4. The second-order valence-electron chi connectivity index (χ2n) is 6.11. The van der Waals surface area contributed by atoms with Gasteiger partial charge in [0.05, 0.1) is 11.2 Å². The van der Waals surface area contributed by atoms with Gasteiger partial charge in [-0.15, -0.1) is 11.3 Å². The molecule has 4 nitrogen and oxygen atoms in total. The van der Waals surface area contributed by atoms with Gasteiger partial charge in [-0.05, 0) is 44.6 Å². The summed E-state index contributed by atoms with van der Waals surface area (Å²) in [5.41, 5.74) is 3.32. The Morgan fingerprint density at radius 3 is 3.05 bits per heavy atom. The van der Waals surface area contributed by atoms with Gasteiger partial charge in [0.2, 0.25) is 0 Å². The van der Waals surface area contributed by atoms with Crippen LogP contribution in [0.1, 0.15) is 55.0 Å². The Morgan fingerprint density at radius 1 is 1.45 bits per heavy atom. The molecule has 1 unspecified atom stereocenters. The SMILES string of the molecule is O=C(O)CCC1CCCN(Cc2scnc2C2CC2)C1. The summed E-state index contributed by atoms with van der Waals surface area (Å²) in [5.74, 6) is 0.613. The Bertz CT molecular complexity index is 470. The van der Waals surface area contributed by atoms with E-state index in [1.807, 2.05) is 5.51 Å². The van der Waals surface area contributed by atoms with Crippen LogP contribution in [0.25, 0.3) is 0 Å². The van der Waals surface area contributed by atoms with Crippen molar-refractivity contribution in [1.82, 2.24) is 9.88 Å². The summed E-state index contributed by atoms with van der Waals surface area (Å²) in [6, 6.07) is 0. The number of aliphatic carboxylic acids is 1. The summed E-state index contributed by atoms with van der Waals surface area (Å²) >= 11 is 1.78. The first-order chi connectivity index (χ1) is 9.72. The number of hydrogen-bond donors (Lipinski definition) is 1. The number of likely N-dealkylation sites (tertiary alicyclic amines) is 1. The Hall–Kier alpha value is -0.940. The van der Waals surface area contributed by atoms with Crippen molar-refractivity contribution in [2.45, 2.75) is 51.0 Å². The third-order valence-corrected chi connectivity index (χ3v) is 5.21. The number of carboxylic acid groups (broad SMARTS) is 1. The normalized spacial score (nSPS) is 23.9. The number of carboxylic acids is 1. The number of rotatable bonds is 6. The maximum absolute atomic E-state index is 10.7. The van der Waals surface area contributed by atoms with E-state index in [1.165, 1.54) is 36.3 Å².